The lowest BCUT2D eigenvalue weighted by Crippen LogP contribution is -2.39. The highest BCUT2D eigenvalue weighted by molar-refractivity contribution is 5.94. The first-order valence-corrected chi connectivity index (χ1v) is 8.58. The predicted molar refractivity (Wildman–Crippen MR) is 94.8 cm³/mol. The largest absolute Gasteiger partial charge is 0.371 e. The van der Waals surface area contributed by atoms with Gasteiger partial charge in [0.05, 0.1) is 0 Å². The average Bonchev–Trinajstić information content (AvgIpc) is 2.63. The van der Waals surface area contributed by atoms with Crippen LogP contribution in [0.15, 0.2) is 42.5 Å². The maximum Gasteiger partial charge on any atom is 0.251 e. The number of piperidine rings is 1. The Morgan fingerprint density at radius 3 is 2.48 bits per heavy atom. The molecule has 2 aromatic rings. The van der Waals surface area contributed by atoms with E-state index < -0.39 is 0 Å². The van der Waals surface area contributed by atoms with Crippen LogP contribution in [0.5, 0.6) is 0 Å². The van der Waals surface area contributed by atoms with Crippen LogP contribution in [0.3, 0.4) is 0 Å². The van der Waals surface area contributed by atoms with Gasteiger partial charge in [-0.2, -0.15) is 0 Å². The fraction of sp³-hybridized carbons (Fsp3) is 0.350. The van der Waals surface area contributed by atoms with E-state index in [0.717, 1.165) is 31.6 Å². The van der Waals surface area contributed by atoms with Crippen molar-refractivity contribution in [1.82, 2.24) is 5.32 Å². The summed E-state index contributed by atoms with van der Waals surface area (Å²) in [6.07, 6.45) is 1.89. The smallest absolute Gasteiger partial charge is 0.251 e. The lowest BCUT2D eigenvalue weighted by Gasteiger charge is -2.34. The van der Waals surface area contributed by atoms with E-state index in [2.05, 4.69) is 10.2 Å². The third kappa shape index (κ3) is 4.16. The van der Waals surface area contributed by atoms with E-state index in [4.69, 9.17) is 0 Å². The normalized spacial score (nSPS) is 15.2. The lowest BCUT2D eigenvalue weighted by atomic mass is 9.95. The van der Waals surface area contributed by atoms with Crippen molar-refractivity contribution in [2.24, 2.45) is 5.92 Å². The predicted octanol–water partition coefficient (Wildman–Crippen LogP) is 3.92. The molecule has 1 aliphatic rings. The molecule has 132 valence electrons. The third-order valence-corrected chi connectivity index (χ3v) is 4.85. The number of benzene rings is 2. The number of amides is 1. The minimum absolute atomic E-state index is 0.175. The van der Waals surface area contributed by atoms with Crippen LogP contribution in [-0.4, -0.2) is 25.5 Å². The summed E-state index contributed by atoms with van der Waals surface area (Å²) in [4.78, 5) is 14.3. The summed E-state index contributed by atoms with van der Waals surface area (Å²) >= 11 is 0. The van der Waals surface area contributed by atoms with E-state index in [0.29, 0.717) is 23.6 Å². The molecule has 1 fully saturated rings. The Labute approximate surface area is 146 Å². The van der Waals surface area contributed by atoms with Gasteiger partial charge in [-0.1, -0.05) is 6.07 Å². The van der Waals surface area contributed by atoms with Crippen molar-refractivity contribution in [3.63, 3.8) is 0 Å². The standard InChI is InChI=1S/C20H22F2N2O/c1-14-18(22)3-2-4-19(14)24-11-9-15(10-12-24)13-23-20(25)16-5-7-17(21)8-6-16/h2-8,15H,9-13H2,1H3,(H,23,25). The summed E-state index contributed by atoms with van der Waals surface area (Å²) in [6.45, 7) is 4.11. The molecule has 0 unspecified atom stereocenters. The lowest BCUT2D eigenvalue weighted by molar-refractivity contribution is 0.0945. The van der Waals surface area contributed by atoms with Crippen LogP contribution in [-0.2, 0) is 0 Å². The van der Waals surface area contributed by atoms with Crippen molar-refractivity contribution >= 4 is 11.6 Å². The second-order valence-electron chi connectivity index (χ2n) is 6.53. The Balaban J connectivity index is 1.50. The van der Waals surface area contributed by atoms with E-state index >= 15 is 0 Å². The van der Waals surface area contributed by atoms with Gasteiger partial charge in [0.15, 0.2) is 0 Å². The van der Waals surface area contributed by atoms with Crippen molar-refractivity contribution in [2.75, 3.05) is 24.5 Å². The highest BCUT2D eigenvalue weighted by Crippen LogP contribution is 2.27. The zero-order chi connectivity index (χ0) is 17.8. The maximum absolute atomic E-state index is 13.7. The molecule has 2 aromatic carbocycles. The van der Waals surface area contributed by atoms with Crippen LogP contribution in [0.2, 0.25) is 0 Å². The second-order valence-corrected chi connectivity index (χ2v) is 6.53. The average molecular weight is 344 g/mol. The number of hydrogen-bond acceptors (Lipinski definition) is 2. The number of hydrogen-bond donors (Lipinski definition) is 1. The summed E-state index contributed by atoms with van der Waals surface area (Å²) in [5.41, 5.74) is 2.11. The molecular weight excluding hydrogens is 322 g/mol. The van der Waals surface area contributed by atoms with Gasteiger partial charge in [0.2, 0.25) is 0 Å². The van der Waals surface area contributed by atoms with Gasteiger partial charge in [0.1, 0.15) is 11.6 Å². The van der Waals surface area contributed by atoms with E-state index in [9.17, 15) is 13.6 Å². The molecule has 3 rings (SSSR count). The highest BCUT2D eigenvalue weighted by Gasteiger charge is 2.21. The fourth-order valence-corrected chi connectivity index (χ4v) is 3.26. The topological polar surface area (TPSA) is 32.3 Å². The molecule has 0 bridgehead atoms. The van der Waals surface area contributed by atoms with E-state index in [1.807, 2.05) is 6.07 Å². The minimum Gasteiger partial charge on any atom is -0.371 e. The van der Waals surface area contributed by atoms with Crippen LogP contribution < -0.4 is 10.2 Å². The second kappa shape index (κ2) is 7.64. The molecule has 1 amide bonds. The van der Waals surface area contributed by atoms with Gasteiger partial charge in [-0.25, -0.2) is 8.78 Å². The molecule has 5 heteroatoms. The number of rotatable bonds is 4. The van der Waals surface area contributed by atoms with Gasteiger partial charge in [0, 0.05) is 36.4 Å². The van der Waals surface area contributed by atoms with Crippen molar-refractivity contribution in [2.45, 2.75) is 19.8 Å². The maximum atomic E-state index is 13.7. The van der Waals surface area contributed by atoms with Gasteiger partial charge in [0.25, 0.3) is 5.91 Å². The number of carbonyl (C=O) groups is 1. The molecule has 0 spiro atoms. The fourth-order valence-electron chi connectivity index (χ4n) is 3.26. The van der Waals surface area contributed by atoms with Crippen LogP contribution in [0, 0.1) is 24.5 Å². The Hall–Kier alpha value is -2.43. The van der Waals surface area contributed by atoms with Crippen molar-refractivity contribution in [1.29, 1.82) is 0 Å². The highest BCUT2D eigenvalue weighted by atomic mass is 19.1. The van der Waals surface area contributed by atoms with Crippen molar-refractivity contribution < 1.29 is 13.6 Å². The van der Waals surface area contributed by atoms with Gasteiger partial charge in [-0.3, -0.25) is 4.79 Å². The summed E-state index contributed by atoms with van der Waals surface area (Å²) in [7, 11) is 0. The summed E-state index contributed by atoms with van der Waals surface area (Å²) in [6, 6.07) is 10.7. The first-order valence-electron chi connectivity index (χ1n) is 8.58. The van der Waals surface area contributed by atoms with Gasteiger partial charge in [-0.15, -0.1) is 0 Å². The number of nitrogens with one attached hydrogen (secondary N) is 1. The number of nitrogens with zero attached hydrogens (tertiary/aromatic N) is 1. The summed E-state index contributed by atoms with van der Waals surface area (Å²) in [5.74, 6) is -0.305. The molecule has 1 heterocycles. The molecule has 0 atom stereocenters. The van der Waals surface area contributed by atoms with Gasteiger partial charge in [-0.05, 0) is 62.1 Å². The minimum atomic E-state index is -0.350. The van der Waals surface area contributed by atoms with Crippen molar-refractivity contribution in [3.8, 4) is 0 Å². The first-order chi connectivity index (χ1) is 12.0. The van der Waals surface area contributed by atoms with E-state index in [-0.39, 0.29) is 17.5 Å². The Morgan fingerprint density at radius 2 is 1.80 bits per heavy atom. The monoisotopic (exact) mass is 344 g/mol. The Bertz CT molecular complexity index is 738. The van der Waals surface area contributed by atoms with Crippen LogP contribution in [0.25, 0.3) is 0 Å². The molecule has 0 aromatic heterocycles. The van der Waals surface area contributed by atoms with E-state index in [1.165, 1.54) is 30.3 Å². The molecule has 1 aliphatic heterocycles. The number of carbonyl (C=O) groups excluding carboxylic acids is 1. The molecular formula is C20H22F2N2O. The SMILES string of the molecule is Cc1c(F)cccc1N1CCC(CNC(=O)c2ccc(F)cc2)CC1. The first kappa shape index (κ1) is 17.4. The molecule has 1 N–H and O–H groups in total. The summed E-state index contributed by atoms with van der Waals surface area (Å²) in [5, 5.41) is 2.92. The third-order valence-electron chi connectivity index (χ3n) is 4.85. The number of anilines is 1. The molecule has 0 aliphatic carbocycles. The molecule has 1 saturated heterocycles. The van der Waals surface area contributed by atoms with Crippen molar-refractivity contribution in [3.05, 3.63) is 65.2 Å². The van der Waals surface area contributed by atoms with Gasteiger partial charge >= 0.3 is 0 Å². The van der Waals surface area contributed by atoms with Crippen LogP contribution in [0.4, 0.5) is 14.5 Å². The molecule has 0 radical (unpaired) electrons. The van der Waals surface area contributed by atoms with Gasteiger partial charge < -0.3 is 10.2 Å². The quantitative estimate of drug-likeness (QED) is 0.912. The summed E-state index contributed by atoms with van der Waals surface area (Å²) < 4.78 is 26.6. The molecule has 25 heavy (non-hydrogen) atoms. The Morgan fingerprint density at radius 1 is 1.12 bits per heavy atom. The number of halogens is 2. The Kier molecular flexibility index (Phi) is 5.31. The molecule has 0 saturated carbocycles. The van der Waals surface area contributed by atoms with E-state index in [1.54, 1.807) is 13.0 Å². The molecule has 3 nitrogen and oxygen atoms in total. The zero-order valence-corrected chi connectivity index (χ0v) is 14.3. The van der Waals surface area contributed by atoms with Crippen LogP contribution in [0.1, 0.15) is 28.8 Å². The zero-order valence-electron chi connectivity index (χ0n) is 14.3. The van der Waals surface area contributed by atoms with Crippen LogP contribution >= 0.6 is 0 Å².